The van der Waals surface area contributed by atoms with Crippen molar-refractivity contribution in [2.45, 2.75) is 32.8 Å². The molecular weight excluding hydrogens is 245 g/mol. The molecule has 0 radical (unpaired) electrons. The summed E-state index contributed by atoms with van der Waals surface area (Å²) in [5.41, 5.74) is 0.903. The van der Waals surface area contributed by atoms with E-state index in [4.69, 9.17) is 33.2 Å². The number of nitrogens with zero attached hydrogens (tertiary/aromatic N) is 1. The second-order valence-corrected chi connectivity index (χ2v) is 4.66. The maximum Gasteiger partial charge on any atom is 0.181 e. The zero-order valence-corrected chi connectivity index (χ0v) is 10.9. The number of nitriles is 1. The van der Waals surface area contributed by atoms with Gasteiger partial charge in [0.05, 0.1) is 0 Å². The van der Waals surface area contributed by atoms with Gasteiger partial charge in [0.2, 0.25) is 0 Å². The molecule has 1 rings (SSSR count). The summed E-state index contributed by atoms with van der Waals surface area (Å²) >= 11 is 12.2. The average molecular weight is 258 g/mol. The van der Waals surface area contributed by atoms with E-state index in [2.05, 4.69) is 0 Å². The van der Waals surface area contributed by atoms with Crippen molar-refractivity contribution in [1.82, 2.24) is 0 Å². The molecule has 16 heavy (non-hydrogen) atoms. The molecule has 2 nitrogen and oxygen atoms in total. The number of hydrogen-bond donors (Lipinski definition) is 0. The van der Waals surface area contributed by atoms with Crippen LogP contribution in [0.5, 0.6) is 5.75 Å². The van der Waals surface area contributed by atoms with Crippen LogP contribution in [0.2, 0.25) is 10.0 Å². The molecule has 0 aliphatic heterocycles. The second-order valence-electron chi connectivity index (χ2n) is 3.84. The van der Waals surface area contributed by atoms with Crippen LogP contribution in [0, 0.1) is 11.3 Å². The number of benzene rings is 1. The van der Waals surface area contributed by atoms with Crippen molar-refractivity contribution in [3.8, 4) is 11.8 Å². The Morgan fingerprint density at radius 1 is 1.19 bits per heavy atom. The van der Waals surface area contributed by atoms with Crippen LogP contribution in [0.25, 0.3) is 0 Å². The smallest absolute Gasteiger partial charge is 0.181 e. The van der Waals surface area contributed by atoms with E-state index in [0.717, 1.165) is 5.56 Å². The third kappa shape index (κ3) is 3.04. The van der Waals surface area contributed by atoms with Crippen molar-refractivity contribution in [2.24, 2.45) is 0 Å². The van der Waals surface area contributed by atoms with Gasteiger partial charge in [-0.3, -0.25) is 0 Å². The predicted molar refractivity (Wildman–Crippen MR) is 66.3 cm³/mol. The lowest BCUT2D eigenvalue weighted by Gasteiger charge is -2.14. The van der Waals surface area contributed by atoms with Crippen molar-refractivity contribution in [3.63, 3.8) is 0 Å². The lowest BCUT2D eigenvalue weighted by atomic mass is 10.0. The van der Waals surface area contributed by atoms with Crippen molar-refractivity contribution < 1.29 is 4.74 Å². The Morgan fingerprint density at radius 3 is 2.06 bits per heavy atom. The first-order chi connectivity index (χ1) is 7.45. The maximum atomic E-state index is 8.64. The summed E-state index contributed by atoms with van der Waals surface area (Å²) in [6.07, 6.45) is -0.517. The highest BCUT2D eigenvalue weighted by Gasteiger charge is 2.13. The van der Waals surface area contributed by atoms with Crippen molar-refractivity contribution in [2.75, 3.05) is 0 Å². The normalized spacial score (nSPS) is 12.3. The molecule has 0 heterocycles. The van der Waals surface area contributed by atoms with Crippen LogP contribution < -0.4 is 4.74 Å². The summed E-state index contributed by atoms with van der Waals surface area (Å²) in [5.74, 6) is 0.774. The highest BCUT2D eigenvalue weighted by Crippen LogP contribution is 2.35. The van der Waals surface area contributed by atoms with Crippen LogP contribution >= 0.6 is 23.2 Å². The van der Waals surface area contributed by atoms with Gasteiger partial charge in [-0.05, 0) is 30.5 Å². The Morgan fingerprint density at radius 2 is 1.69 bits per heavy atom. The topological polar surface area (TPSA) is 33.0 Å². The van der Waals surface area contributed by atoms with E-state index in [1.54, 1.807) is 19.1 Å². The van der Waals surface area contributed by atoms with Gasteiger partial charge in [0.15, 0.2) is 6.10 Å². The summed E-state index contributed by atoms with van der Waals surface area (Å²) in [6, 6.07) is 5.36. The first-order valence-electron chi connectivity index (χ1n) is 5.01. The van der Waals surface area contributed by atoms with Crippen LogP contribution in [0.4, 0.5) is 0 Å². The molecule has 0 aromatic heterocycles. The van der Waals surface area contributed by atoms with Gasteiger partial charge >= 0.3 is 0 Å². The molecule has 1 unspecified atom stereocenters. The van der Waals surface area contributed by atoms with Gasteiger partial charge in [-0.1, -0.05) is 37.0 Å². The van der Waals surface area contributed by atoms with E-state index in [0.29, 0.717) is 15.8 Å². The van der Waals surface area contributed by atoms with E-state index in [-0.39, 0.29) is 5.92 Å². The zero-order valence-electron chi connectivity index (χ0n) is 9.42. The van der Waals surface area contributed by atoms with Crippen LogP contribution in [-0.2, 0) is 0 Å². The van der Waals surface area contributed by atoms with Crippen LogP contribution in [0.1, 0.15) is 32.3 Å². The number of halogens is 2. The molecule has 1 atom stereocenters. The van der Waals surface area contributed by atoms with Gasteiger partial charge < -0.3 is 4.74 Å². The summed E-state index contributed by atoms with van der Waals surface area (Å²) in [6.45, 7) is 5.70. The Kier molecular flexibility index (Phi) is 4.46. The summed E-state index contributed by atoms with van der Waals surface area (Å²) in [5, 5.41) is 9.78. The summed E-state index contributed by atoms with van der Waals surface area (Å²) in [7, 11) is 0. The molecule has 0 aliphatic carbocycles. The van der Waals surface area contributed by atoms with Crippen molar-refractivity contribution in [3.05, 3.63) is 27.7 Å². The first-order valence-corrected chi connectivity index (χ1v) is 5.76. The summed E-state index contributed by atoms with van der Waals surface area (Å²) < 4.78 is 5.33. The minimum Gasteiger partial charge on any atom is -0.476 e. The Labute approximate surface area is 106 Å². The van der Waals surface area contributed by atoms with Gasteiger partial charge in [-0.25, -0.2) is 0 Å². The van der Waals surface area contributed by atoms with E-state index >= 15 is 0 Å². The average Bonchev–Trinajstić information content (AvgIpc) is 2.15. The minimum absolute atomic E-state index is 0.252. The largest absolute Gasteiger partial charge is 0.476 e. The molecule has 0 aliphatic rings. The van der Waals surface area contributed by atoms with Gasteiger partial charge in [0.1, 0.15) is 11.8 Å². The fourth-order valence-corrected chi connectivity index (χ4v) is 2.31. The lowest BCUT2D eigenvalue weighted by Crippen LogP contribution is -2.08. The first kappa shape index (κ1) is 13.2. The standard InChI is InChI=1S/C12H13Cl2NO/c1-7(2)12-10(13)4-9(5-11(12)14)16-8(3)6-15/h4-5,7-8H,1-3H3. The van der Waals surface area contributed by atoms with Gasteiger partial charge in [0.25, 0.3) is 0 Å². The second kappa shape index (κ2) is 5.43. The Balaban J connectivity index is 3.06. The fourth-order valence-electron chi connectivity index (χ4n) is 1.41. The molecule has 0 spiro atoms. The van der Waals surface area contributed by atoms with E-state index < -0.39 is 6.10 Å². The Hall–Kier alpha value is -0.910. The van der Waals surface area contributed by atoms with Crippen LogP contribution in [0.15, 0.2) is 12.1 Å². The molecule has 1 aromatic rings. The highest BCUT2D eigenvalue weighted by molar-refractivity contribution is 6.36. The van der Waals surface area contributed by atoms with Crippen LogP contribution in [0.3, 0.4) is 0 Å². The SMILES string of the molecule is CC(C#N)Oc1cc(Cl)c(C(C)C)c(Cl)c1. The molecule has 0 amide bonds. The maximum absolute atomic E-state index is 8.64. The molecular formula is C12H13Cl2NO. The van der Waals surface area contributed by atoms with Gasteiger partial charge in [-0.15, -0.1) is 0 Å². The minimum atomic E-state index is -0.517. The molecule has 0 saturated heterocycles. The number of ether oxygens (including phenoxy) is 1. The van der Waals surface area contributed by atoms with Crippen molar-refractivity contribution >= 4 is 23.2 Å². The van der Waals surface area contributed by atoms with E-state index in [1.165, 1.54) is 0 Å². The van der Waals surface area contributed by atoms with Gasteiger partial charge in [-0.2, -0.15) is 5.26 Å². The monoisotopic (exact) mass is 257 g/mol. The van der Waals surface area contributed by atoms with E-state index in [9.17, 15) is 0 Å². The molecule has 0 fully saturated rings. The molecule has 0 N–H and O–H groups in total. The molecule has 0 saturated carbocycles. The highest BCUT2D eigenvalue weighted by atomic mass is 35.5. The molecule has 0 bridgehead atoms. The number of hydrogen-bond acceptors (Lipinski definition) is 2. The molecule has 86 valence electrons. The molecule has 1 aromatic carbocycles. The third-order valence-corrected chi connectivity index (χ3v) is 2.75. The zero-order chi connectivity index (χ0) is 12.3. The Bertz CT molecular complexity index is 401. The molecule has 4 heteroatoms. The lowest BCUT2D eigenvalue weighted by molar-refractivity contribution is 0.276. The predicted octanol–water partition coefficient (Wildman–Crippen LogP) is 4.41. The number of rotatable bonds is 3. The third-order valence-electron chi connectivity index (χ3n) is 2.12. The van der Waals surface area contributed by atoms with E-state index in [1.807, 2.05) is 19.9 Å². The fraction of sp³-hybridized carbons (Fsp3) is 0.417. The van der Waals surface area contributed by atoms with Crippen molar-refractivity contribution in [1.29, 1.82) is 5.26 Å². The van der Waals surface area contributed by atoms with Gasteiger partial charge in [0, 0.05) is 10.0 Å². The quantitative estimate of drug-likeness (QED) is 0.804. The summed E-state index contributed by atoms with van der Waals surface area (Å²) in [4.78, 5) is 0. The van der Waals surface area contributed by atoms with Crippen LogP contribution in [-0.4, -0.2) is 6.10 Å².